The first kappa shape index (κ1) is 38.8. The number of fused-ring (bicyclic) bond motifs is 9. The lowest BCUT2D eigenvalue weighted by molar-refractivity contribution is -0.156. The predicted octanol–water partition coefficient (Wildman–Crippen LogP) is 5.79. The minimum absolute atomic E-state index is 0.00151. The molecule has 1 spiro atoms. The van der Waals surface area contributed by atoms with Gasteiger partial charge in [0.05, 0.1) is 31.6 Å². The average Bonchev–Trinajstić information content (AvgIpc) is 3.73. The third-order valence-corrected chi connectivity index (χ3v) is 14.8. The van der Waals surface area contributed by atoms with Gasteiger partial charge in [-0.05, 0) is 79.8 Å². The SMILES string of the molecule is COc1cc2c(cc1O)CCN[C@]21CSC2c3c(OC(=O)C=Cc4ccccc4)c(C)c4c(c3C(COC1=O)N1CC3Cc5cc(C)c(OC)c(O)c5C(C21)N3C)OCO4. The number of aromatic hydroxyl groups is 2. The summed E-state index contributed by atoms with van der Waals surface area (Å²) in [5.74, 6) is 1.41. The van der Waals surface area contributed by atoms with Crippen LogP contribution in [0.25, 0.3) is 6.08 Å². The number of hydrogen-bond acceptors (Lipinski definition) is 14. The summed E-state index contributed by atoms with van der Waals surface area (Å²) >= 11 is 1.57. The zero-order valence-electron chi connectivity index (χ0n) is 34.1. The molecule has 7 aliphatic rings. The van der Waals surface area contributed by atoms with E-state index in [-0.39, 0.29) is 54.5 Å². The number of benzene rings is 4. The summed E-state index contributed by atoms with van der Waals surface area (Å²) in [6, 6.07) is 13.9. The molecule has 7 heterocycles. The van der Waals surface area contributed by atoms with E-state index in [0.29, 0.717) is 60.1 Å². The van der Waals surface area contributed by atoms with Crippen LogP contribution < -0.4 is 29.0 Å². The molecule has 14 heteroatoms. The van der Waals surface area contributed by atoms with Gasteiger partial charge in [-0.1, -0.05) is 36.4 Å². The molecule has 2 saturated heterocycles. The van der Waals surface area contributed by atoms with E-state index in [1.165, 1.54) is 13.2 Å². The molecule has 4 aromatic carbocycles. The van der Waals surface area contributed by atoms with Gasteiger partial charge in [-0.15, -0.1) is 11.8 Å². The second kappa shape index (κ2) is 14.6. The fraction of sp³-hybridized carbons (Fsp3) is 0.391. The van der Waals surface area contributed by atoms with Crippen molar-refractivity contribution < 1.29 is 48.2 Å². The Kier molecular flexibility index (Phi) is 9.47. The number of rotatable bonds is 5. The van der Waals surface area contributed by atoms with Crippen molar-refractivity contribution in [1.82, 2.24) is 15.1 Å². The lowest BCUT2D eigenvalue weighted by atomic mass is 9.73. The standard InChI is InChI=1S/C46H47N3O10S/c1-23-15-27-16-28-19-49-30-20-56-45(53)46(29-18-32(54-4)31(50)17-26(29)13-14-47-46)21-60-44(38(49)37(48(28)3)34(27)39(52)40(23)55-5)36-35(30)43-42(57-22-58-43)24(2)41(36)59-33(51)12-11-25-9-7-6-8-10-25/h6-12,15,17-18,28,30,37-38,44,47,50,52H,13-14,16,19-22H2,1-5H3/t28?,30?,37?,38?,44?,46-/m1/s1. The molecule has 3 N–H and O–H groups in total. The van der Waals surface area contributed by atoms with Crippen molar-refractivity contribution in [3.63, 3.8) is 0 Å². The van der Waals surface area contributed by atoms with Crippen LogP contribution in [0.1, 0.15) is 67.4 Å². The van der Waals surface area contributed by atoms with Crippen molar-refractivity contribution >= 4 is 29.8 Å². The number of esters is 2. The maximum Gasteiger partial charge on any atom is 0.336 e. The van der Waals surface area contributed by atoms with Crippen LogP contribution in [0, 0.1) is 13.8 Å². The normalized spacial score (nSPS) is 26.5. The minimum Gasteiger partial charge on any atom is -0.504 e. The largest absolute Gasteiger partial charge is 0.504 e. The number of nitrogens with one attached hydrogen (secondary N) is 1. The number of carbonyl (C=O) groups excluding carboxylic acids is 2. The Bertz CT molecular complexity index is 2480. The third kappa shape index (κ3) is 5.78. The first-order valence-corrected chi connectivity index (χ1v) is 21.3. The zero-order valence-corrected chi connectivity index (χ0v) is 34.9. The number of phenolic OH excluding ortho intramolecular Hbond substituents is 2. The van der Waals surface area contributed by atoms with E-state index in [0.717, 1.165) is 38.9 Å². The van der Waals surface area contributed by atoms with Gasteiger partial charge in [0.25, 0.3) is 0 Å². The molecule has 0 radical (unpaired) electrons. The van der Waals surface area contributed by atoms with Crippen LogP contribution in [-0.4, -0.2) is 97.5 Å². The highest BCUT2D eigenvalue weighted by Gasteiger charge is 2.59. The van der Waals surface area contributed by atoms with Crippen molar-refractivity contribution in [1.29, 1.82) is 0 Å². The van der Waals surface area contributed by atoms with E-state index in [1.54, 1.807) is 37.1 Å². The molecule has 0 aliphatic carbocycles. The summed E-state index contributed by atoms with van der Waals surface area (Å²) in [4.78, 5) is 33.6. The van der Waals surface area contributed by atoms with Crippen LogP contribution in [0.4, 0.5) is 0 Å². The summed E-state index contributed by atoms with van der Waals surface area (Å²) in [6.07, 6.45) is 4.43. The van der Waals surface area contributed by atoms with Crippen molar-refractivity contribution in [2.75, 3.05) is 53.5 Å². The number of likely N-dealkylation sites (N-methyl/N-ethyl adjacent to an activating group) is 1. The number of thioether (sulfide) groups is 1. The van der Waals surface area contributed by atoms with Crippen LogP contribution in [0.3, 0.4) is 0 Å². The number of phenols is 2. The number of carbonyl (C=O) groups is 2. The second-order valence-electron chi connectivity index (χ2n) is 16.4. The molecule has 0 aromatic heterocycles. The van der Waals surface area contributed by atoms with Gasteiger partial charge in [0, 0.05) is 59.3 Å². The number of aryl methyl sites for hydroxylation is 1. The number of methoxy groups -OCH3 is 2. The molecule has 2 fully saturated rings. The van der Waals surface area contributed by atoms with Crippen molar-refractivity contribution in [2.24, 2.45) is 0 Å². The number of ether oxygens (including phenoxy) is 6. The molecule has 4 bridgehead atoms. The highest BCUT2D eigenvalue weighted by atomic mass is 32.2. The van der Waals surface area contributed by atoms with Gasteiger partial charge >= 0.3 is 11.9 Å². The smallest absolute Gasteiger partial charge is 0.336 e. The van der Waals surface area contributed by atoms with Crippen molar-refractivity contribution in [3.8, 4) is 40.2 Å². The zero-order chi connectivity index (χ0) is 41.6. The monoisotopic (exact) mass is 833 g/mol. The lowest BCUT2D eigenvalue weighted by Crippen LogP contribution is -2.65. The molecule has 312 valence electrons. The van der Waals surface area contributed by atoms with Gasteiger partial charge in [-0.2, -0.15) is 0 Å². The van der Waals surface area contributed by atoms with E-state index in [9.17, 15) is 19.8 Å². The van der Waals surface area contributed by atoms with Gasteiger partial charge in [0.1, 0.15) is 12.4 Å². The Balaban J connectivity index is 1.20. The maximum atomic E-state index is 14.8. The molecule has 60 heavy (non-hydrogen) atoms. The lowest BCUT2D eigenvalue weighted by Gasteiger charge is -2.60. The van der Waals surface area contributed by atoms with Gasteiger partial charge in [-0.3, -0.25) is 15.1 Å². The summed E-state index contributed by atoms with van der Waals surface area (Å²) in [5, 5.41) is 26.1. The van der Waals surface area contributed by atoms with E-state index in [4.69, 9.17) is 28.4 Å². The average molecular weight is 834 g/mol. The van der Waals surface area contributed by atoms with Crippen molar-refractivity contribution in [3.05, 3.63) is 105 Å². The quantitative estimate of drug-likeness (QED) is 0.127. The van der Waals surface area contributed by atoms with Crippen LogP contribution in [0.2, 0.25) is 0 Å². The third-order valence-electron chi connectivity index (χ3n) is 13.4. The van der Waals surface area contributed by atoms with E-state index >= 15 is 0 Å². The fourth-order valence-corrected chi connectivity index (χ4v) is 12.3. The van der Waals surface area contributed by atoms with Gasteiger partial charge in [0.2, 0.25) is 6.79 Å². The number of piperazine rings is 1. The van der Waals surface area contributed by atoms with Crippen LogP contribution in [0.15, 0.2) is 54.6 Å². The molecule has 4 aromatic rings. The van der Waals surface area contributed by atoms with Crippen molar-refractivity contribution in [2.45, 2.75) is 61.6 Å². The highest BCUT2D eigenvalue weighted by Crippen LogP contribution is 2.64. The molecular formula is C46H47N3O10S. The highest BCUT2D eigenvalue weighted by molar-refractivity contribution is 7.99. The summed E-state index contributed by atoms with van der Waals surface area (Å²) < 4.78 is 36.9. The predicted molar refractivity (Wildman–Crippen MR) is 223 cm³/mol. The fourth-order valence-electron chi connectivity index (χ4n) is 10.6. The van der Waals surface area contributed by atoms with E-state index in [2.05, 4.69) is 28.2 Å². The second-order valence-corrected chi connectivity index (χ2v) is 17.6. The van der Waals surface area contributed by atoms with Crippen LogP contribution in [-0.2, 0) is 32.7 Å². The van der Waals surface area contributed by atoms with E-state index < -0.39 is 28.8 Å². The first-order valence-electron chi connectivity index (χ1n) is 20.3. The molecule has 0 amide bonds. The maximum absolute atomic E-state index is 14.8. The van der Waals surface area contributed by atoms with Gasteiger partial charge in [-0.25, -0.2) is 9.59 Å². The Hall–Kier alpha value is -5.41. The molecule has 6 atom stereocenters. The summed E-state index contributed by atoms with van der Waals surface area (Å²) in [6.45, 7) is 4.86. The topological polar surface area (TPSA) is 148 Å². The Morgan fingerprint density at radius 3 is 2.57 bits per heavy atom. The molecule has 13 nitrogen and oxygen atoms in total. The van der Waals surface area contributed by atoms with Crippen LogP contribution >= 0.6 is 11.8 Å². The Labute approximate surface area is 352 Å². The number of nitrogens with zero attached hydrogens (tertiary/aromatic N) is 2. The molecule has 11 rings (SSSR count). The van der Waals surface area contributed by atoms with Crippen LogP contribution in [0.5, 0.6) is 40.2 Å². The Morgan fingerprint density at radius 1 is 0.983 bits per heavy atom. The summed E-state index contributed by atoms with van der Waals surface area (Å²) in [7, 11) is 5.17. The van der Waals surface area contributed by atoms with Gasteiger partial charge < -0.3 is 38.6 Å². The molecule has 0 saturated carbocycles. The first-order chi connectivity index (χ1) is 29.0. The Morgan fingerprint density at radius 2 is 1.78 bits per heavy atom. The summed E-state index contributed by atoms with van der Waals surface area (Å²) in [5.41, 5.74) is 5.90. The minimum atomic E-state index is -1.32. The molecule has 5 unspecified atom stereocenters. The van der Waals surface area contributed by atoms with Gasteiger partial charge in [0.15, 0.2) is 40.0 Å². The van der Waals surface area contributed by atoms with E-state index in [1.807, 2.05) is 44.2 Å². The molecular weight excluding hydrogens is 787 g/mol. The molecule has 7 aliphatic heterocycles. The number of hydrogen-bond donors (Lipinski definition) is 3.